The first kappa shape index (κ1) is 22.6. The van der Waals surface area contributed by atoms with Gasteiger partial charge in [-0.25, -0.2) is 8.42 Å². The first-order valence-electron chi connectivity index (χ1n) is 9.44. The molecule has 0 aliphatic heterocycles. The van der Waals surface area contributed by atoms with Crippen LogP contribution in [0.1, 0.15) is 17.3 Å². The van der Waals surface area contributed by atoms with Gasteiger partial charge in [-0.05, 0) is 43.3 Å². The number of benzene rings is 3. The number of hydrogen-bond donors (Lipinski definition) is 1. The summed E-state index contributed by atoms with van der Waals surface area (Å²) in [6, 6.07) is 23.3. The summed E-state index contributed by atoms with van der Waals surface area (Å²) < 4.78 is 25.7. The molecule has 0 heterocycles. The van der Waals surface area contributed by atoms with Crippen LogP contribution in [0.4, 0.5) is 11.4 Å². The monoisotopic (exact) mass is 454 g/mol. The smallest absolute Gasteiger partial charge is 0.245 e. The Hall–Kier alpha value is -3.10. The van der Waals surface area contributed by atoms with Crippen molar-refractivity contribution in [3.8, 4) is 0 Å². The highest BCUT2D eigenvalue weighted by molar-refractivity contribution is 7.99. The van der Waals surface area contributed by atoms with Crippen LogP contribution in [-0.4, -0.2) is 32.9 Å². The number of Topliss-reactive ketones (excluding diaryl/α,β-unsaturated/α-hetero) is 1. The van der Waals surface area contributed by atoms with E-state index >= 15 is 0 Å². The van der Waals surface area contributed by atoms with E-state index in [0.29, 0.717) is 11.3 Å². The number of amides is 1. The van der Waals surface area contributed by atoms with Gasteiger partial charge in [0.25, 0.3) is 0 Å². The molecule has 0 bridgehead atoms. The minimum absolute atomic E-state index is 0.188. The van der Waals surface area contributed by atoms with E-state index in [1.807, 2.05) is 42.5 Å². The molecule has 0 fully saturated rings. The molecule has 0 aliphatic carbocycles. The maximum absolute atomic E-state index is 12.8. The molecular weight excluding hydrogens is 432 g/mol. The van der Waals surface area contributed by atoms with Crippen LogP contribution in [-0.2, 0) is 14.8 Å². The zero-order valence-electron chi connectivity index (χ0n) is 17.1. The number of ketones is 1. The highest BCUT2D eigenvalue weighted by Crippen LogP contribution is 2.33. The van der Waals surface area contributed by atoms with E-state index in [1.54, 1.807) is 30.3 Å². The molecule has 31 heavy (non-hydrogen) atoms. The van der Waals surface area contributed by atoms with Gasteiger partial charge in [-0.1, -0.05) is 54.2 Å². The van der Waals surface area contributed by atoms with Gasteiger partial charge in [0.1, 0.15) is 6.54 Å². The molecule has 8 heteroatoms. The van der Waals surface area contributed by atoms with Gasteiger partial charge < -0.3 is 5.32 Å². The molecule has 0 saturated heterocycles. The van der Waals surface area contributed by atoms with Crippen LogP contribution in [0.2, 0.25) is 0 Å². The molecule has 1 amide bonds. The molecule has 0 radical (unpaired) electrons. The summed E-state index contributed by atoms with van der Waals surface area (Å²) in [4.78, 5) is 26.3. The number of hydrogen-bond acceptors (Lipinski definition) is 5. The lowest BCUT2D eigenvalue weighted by molar-refractivity contribution is -0.114. The average molecular weight is 455 g/mol. The normalized spacial score (nSPS) is 11.0. The van der Waals surface area contributed by atoms with E-state index in [9.17, 15) is 18.0 Å². The van der Waals surface area contributed by atoms with Crippen LogP contribution in [0.15, 0.2) is 88.7 Å². The third-order valence-corrected chi connectivity index (χ3v) is 6.58. The summed E-state index contributed by atoms with van der Waals surface area (Å²) in [6.45, 7) is 0.989. The minimum atomic E-state index is -3.75. The molecule has 0 spiro atoms. The Morgan fingerprint density at radius 2 is 1.61 bits per heavy atom. The molecule has 3 aromatic carbocycles. The summed E-state index contributed by atoms with van der Waals surface area (Å²) >= 11 is 1.50. The van der Waals surface area contributed by atoms with Crippen LogP contribution < -0.4 is 9.62 Å². The van der Waals surface area contributed by atoms with Crippen LogP contribution in [0.5, 0.6) is 0 Å². The fourth-order valence-corrected chi connectivity index (χ4v) is 4.65. The van der Waals surface area contributed by atoms with Crippen molar-refractivity contribution >= 4 is 44.9 Å². The number of para-hydroxylation sites is 1. The maximum atomic E-state index is 12.8. The quantitative estimate of drug-likeness (QED) is 0.509. The highest BCUT2D eigenvalue weighted by atomic mass is 32.2. The van der Waals surface area contributed by atoms with Crippen molar-refractivity contribution in [2.24, 2.45) is 0 Å². The fraction of sp³-hybridized carbons (Fsp3) is 0.130. The van der Waals surface area contributed by atoms with Gasteiger partial charge in [0.05, 0.1) is 17.6 Å². The molecule has 0 unspecified atom stereocenters. The van der Waals surface area contributed by atoms with Crippen LogP contribution >= 0.6 is 11.8 Å². The highest BCUT2D eigenvalue weighted by Gasteiger charge is 2.22. The number of carbonyl (C=O) groups is 2. The summed E-state index contributed by atoms with van der Waals surface area (Å²) in [5, 5.41) is 2.81. The van der Waals surface area contributed by atoms with Crippen LogP contribution in [0.25, 0.3) is 0 Å². The summed E-state index contributed by atoms with van der Waals surface area (Å²) in [6.07, 6.45) is 1.03. The summed E-state index contributed by atoms with van der Waals surface area (Å²) in [5.41, 5.74) is 1.22. The molecule has 6 nitrogen and oxygen atoms in total. The summed E-state index contributed by atoms with van der Waals surface area (Å²) in [7, 11) is -3.75. The Bertz CT molecular complexity index is 1190. The fourth-order valence-electron chi connectivity index (χ4n) is 2.87. The van der Waals surface area contributed by atoms with E-state index < -0.39 is 22.5 Å². The van der Waals surface area contributed by atoms with Crippen molar-refractivity contribution in [3.05, 3.63) is 84.4 Å². The zero-order valence-corrected chi connectivity index (χ0v) is 18.7. The molecule has 0 aromatic heterocycles. The van der Waals surface area contributed by atoms with Crippen molar-refractivity contribution in [1.29, 1.82) is 0 Å². The lowest BCUT2D eigenvalue weighted by Gasteiger charge is -2.22. The van der Waals surface area contributed by atoms with Gasteiger partial charge in [-0.2, -0.15) is 0 Å². The predicted molar refractivity (Wildman–Crippen MR) is 124 cm³/mol. The topological polar surface area (TPSA) is 83.6 Å². The number of anilines is 2. The molecule has 160 valence electrons. The Balaban J connectivity index is 1.81. The molecule has 0 aliphatic rings. The number of nitrogens with one attached hydrogen (secondary N) is 1. The number of rotatable bonds is 8. The predicted octanol–water partition coefficient (Wildman–Crippen LogP) is 4.45. The van der Waals surface area contributed by atoms with E-state index in [2.05, 4.69) is 5.32 Å². The van der Waals surface area contributed by atoms with Crippen molar-refractivity contribution < 1.29 is 18.0 Å². The number of nitrogens with zero attached hydrogens (tertiary/aromatic N) is 1. The van der Waals surface area contributed by atoms with Crippen molar-refractivity contribution in [3.63, 3.8) is 0 Å². The molecule has 0 atom stereocenters. The summed E-state index contributed by atoms with van der Waals surface area (Å²) in [5.74, 6) is -0.675. The second-order valence-corrected chi connectivity index (χ2v) is 9.86. The first-order valence-corrected chi connectivity index (χ1v) is 12.1. The Morgan fingerprint density at radius 1 is 0.935 bits per heavy atom. The SMILES string of the molecule is CC(=O)c1cccc(N(CC(=O)Nc2ccccc2Sc2ccccc2)S(C)(=O)=O)c1. The van der Waals surface area contributed by atoms with E-state index in [4.69, 9.17) is 0 Å². The Labute approximate surface area is 186 Å². The minimum Gasteiger partial charge on any atom is -0.323 e. The molecule has 3 rings (SSSR count). The number of sulfonamides is 1. The molecule has 3 aromatic rings. The largest absolute Gasteiger partial charge is 0.323 e. The Morgan fingerprint density at radius 3 is 2.29 bits per heavy atom. The van der Waals surface area contributed by atoms with E-state index in [-0.39, 0.29) is 11.5 Å². The van der Waals surface area contributed by atoms with Crippen LogP contribution in [0.3, 0.4) is 0 Å². The standard InChI is InChI=1S/C23H22N2O4S2/c1-17(26)18-9-8-10-19(15-18)25(31(2,28)29)16-23(27)24-21-13-6-7-14-22(21)30-20-11-4-3-5-12-20/h3-15H,16H2,1-2H3,(H,24,27). The average Bonchev–Trinajstić information content (AvgIpc) is 2.73. The van der Waals surface area contributed by atoms with Gasteiger partial charge in [0, 0.05) is 15.4 Å². The lowest BCUT2D eigenvalue weighted by Crippen LogP contribution is -2.37. The second kappa shape index (κ2) is 9.80. The second-order valence-electron chi connectivity index (χ2n) is 6.84. The number of carbonyl (C=O) groups excluding carboxylic acids is 2. The van der Waals surface area contributed by atoms with Gasteiger partial charge in [0.15, 0.2) is 5.78 Å². The first-order chi connectivity index (χ1) is 14.7. The van der Waals surface area contributed by atoms with E-state index in [1.165, 1.54) is 24.8 Å². The van der Waals surface area contributed by atoms with Gasteiger partial charge in [0.2, 0.25) is 15.9 Å². The van der Waals surface area contributed by atoms with Crippen molar-refractivity contribution in [2.45, 2.75) is 16.7 Å². The maximum Gasteiger partial charge on any atom is 0.245 e. The Kier molecular flexibility index (Phi) is 7.14. The van der Waals surface area contributed by atoms with E-state index in [0.717, 1.165) is 20.4 Å². The zero-order chi connectivity index (χ0) is 22.4. The van der Waals surface area contributed by atoms with Crippen molar-refractivity contribution in [1.82, 2.24) is 0 Å². The molecule has 1 N–H and O–H groups in total. The molecular formula is C23H22N2O4S2. The van der Waals surface area contributed by atoms with Gasteiger partial charge in [-0.3, -0.25) is 13.9 Å². The molecule has 0 saturated carbocycles. The van der Waals surface area contributed by atoms with Crippen LogP contribution in [0, 0.1) is 0 Å². The van der Waals surface area contributed by atoms with Gasteiger partial charge >= 0.3 is 0 Å². The third kappa shape index (κ3) is 6.19. The van der Waals surface area contributed by atoms with Crippen molar-refractivity contribution in [2.75, 3.05) is 22.4 Å². The third-order valence-electron chi connectivity index (χ3n) is 4.36. The van der Waals surface area contributed by atoms with Gasteiger partial charge in [-0.15, -0.1) is 0 Å². The lowest BCUT2D eigenvalue weighted by atomic mass is 10.1.